The Labute approximate surface area is 127 Å². The Balaban J connectivity index is 2.17. The predicted octanol–water partition coefficient (Wildman–Crippen LogP) is 1.81. The maximum atomic E-state index is 14.0. The van der Waals surface area contributed by atoms with Gasteiger partial charge in [0.25, 0.3) is 0 Å². The van der Waals surface area contributed by atoms with Crippen LogP contribution in [0.1, 0.15) is 37.7 Å². The number of aliphatic imine (C=N–C) groups is 2. The third-order valence-electron chi connectivity index (χ3n) is 4.20. The molecule has 0 atom stereocenters. The summed E-state index contributed by atoms with van der Waals surface area (Å²) in [7, 11) is 0. The molecule has 1 aromatic rings. The average molecular weight is 300 g/mol. The van der Waals surface area contributed by atoms with Gasteiger partial charge in [-0.15, -0.1) is 0 Å². The lowest BCUT2D eigenvalue weighted by molar-refractivity contribution is 0.305. The Hall–Kier alpha value is -2.62. The third-order valence-corrected chi connectivity index (χ3v) is 4.20. The summed E-state index contributed by atoms with van der Waals surface area (Å²) in [6, 6.07) is 6.38. The van der Waals surface area contributed by atoms with Crippen LogP contribution in [-0.4, -0.2) is 17.6 Å². The summed E-state index contributed by atoms with van der Waals surface area (Å²) in [5.41, 5.74) is 11.5. The van der Waals surface area contributed by atoms with E-state index in [1.807, 2.05) is 6.07 Å². The maximum Gasteiger partial charge on any atom is 0.220 e. The van der Waals surface area contributed by atoms with Gasteiger partial charge in [0.2, 0.25) is 11.9 Å². The van der Waals surface area contributed by atoms with Crippen molar-refractivity contribution in [2.45, 2.75) is 37.8 Å². The molecule has 1 aromatic carbocycles. The number of nitriles is 1. The van der Waals surface area contributed by atoms with Gasteiger partial charge >= 0.3 is 0 Å². The number of benzene rings is 1. The lowest BCUT2D eigenvalue weighted by atomic mass is 9.87. The summed E-state index contributed by atoms with van der Waals surface area (Å²) in [4.78, 5) is 10.2. The minimum absolute atomic E-state index is 0.0544. The fraction of sp³-hybridized carbons (Fsp3) is 0.400. The van der Waals surface area contributed by atoms with Crippen molar-refractivity contribution in [3.8, 4) is 6.07 Å². The van der Waals surface area contributed by atoms with Gasteiger partial charge in [-0.25, -0.2) is 9.38 Å². The minimum atomic E-state index is -0.673. The molecule has 0 unspecified atom stereocenters. The van der Waals surface area contributed by atoms with E-state index in [4.69, 9.17) is 11.5 Å². The smallest absolute Gasteiger partial charge is 0.220 e. The molecule has 1 fully saturated rings. The van der Waals surface area contributed by atoms with E-state index in [0.29, 0.717) is 5.69 Å². The van der Waals surface area contributed by atoms with Gasteiger partial charge < -0.3 is 11.5 Å². The molecule has 1 aliphatic heterocycles. The van der Waals surface area contributed by atoms with Gasteiger partial charge in [-0.3, -0.25) is 4.90 Å². The molecule has 0 bridgehead atoms. The van der Waals surface area contributed by atoms with Crippen LogP contribution in [0, 0.1) is 17.1 Å². The molecule has 1 heterocycles. The zero-order valence-corrected chi connectivity index (χ0v) is 12.1. The molecule has 1 aliphatic carbocycles. The molecular formula is C15H17FN6. The van der Waals surface area contributed by atoms with Crippen molar-refractivity contribution in [1.82, 2.24) is 0 Å². The van der Waals surface area contributed by atoms with Gasteiger partial charge in [0.15, 0.2) is 0 Å². The highest BCUT2D eigenvalue weighted by molar-refractivity contribution is 6.06. The first-order chi connectivity index (χ1) is 10.6. The van der Waals surface area contributed by atoms with Crippen LogP contribution in [0.15, 0.2) is 28.2 Å². The number of halogens is 1. The lowest BCUT2D eigenvalue weighted by Crippen LogP contribution is -2.58. The van der Waals surface area contributed by atoms with E-state index in [1.165, 1.54) is 6.07 Å². The normalized spacial score (nSPS) is 20.3. The Kier molecular flexibility index (Phi) is 3.45. The lowest BCUT2D eigenvalue weighted by Gasteiger charge is -2.45. The van der Waals surface area contributed by atoms with Gasteiger partial charge in [-0.05, 0) is 37.8 Å². The molecule has 0 radical (unpaired) electrons. The fourth-order valence-electron chi connectivity index (χ4n) is 3.28. The first-order valence-corrected chi connectivity index (χ1v) is 7.26. The number of rotatable bonds is 1. The molecule has 7 heteroatoms. The van der Waals surface area contributed by atoms with Gasteiger partial charge in [-0.2, -0.15) is 10.3 Å². The van der Waals surface area contributed by atoms with Gasteiger partial charge in [0.05, 0.1) is 5.69 Å². The monoisotopic (exact) mass is 300 g/mol. The number of guanidine groups is 2. The van der Waals surface area contributed by atoms with Gasteiger partial charge in [-0.1, -0.05) is 12.5 Å². The van der Waals surface area contributed by atoms with Crippen molar-refractivity contribution in [1.29, 1.82) is 5.26 Å². The maximum absolute atomic E-state index is 14.0. The van der Waals surface area contributed by atoms with Crippen molar-refractivity contribution < 1.29 is 4.39 Å². The first-order valence-electron chi connectivity index (χ1n) is 7.26. The van der Waals surface area contributed by atoms with E-state index in [2.05, 4.69) is 9.98 Å². The number of hydrogen-bond donors (Lipinski definition) is 2. The quantitative estimate of drug-likeness (QED) is 0.825. The molecule has 114 valence electrons. The predicted molar refractivity (Wildman–Crippen MR) is 82.7 cm³/mol. The molecule has 6 nitrogen and oxygen atoms in total. The van der Waals surface area contributed by atoms with E-state index in [-0.39, 0.29) is 17.5 Å². The van der Waals surface area contributed by atoms with Crippen LogP contribution in [0.2, 0.25) is 0 Å². The minimum Gasteiger partial charge on any atom is -0.369 e. The highest BCUT2D eigenvalue weighted by Crippen LogP contribution is 2.40. The summed E-state index contributed by atoms with van der Waals surface area (Å²) in [5.74, 6) is -0.302. The highest BCUT2D eigenvalue weighted by atomic mass is 19.1. The molecule has 0 saturated heterocycles. The zero-order valence-electron chi connectivity index (χ0n) is 12.1. The zero-order chi connectivity index (χ0) is 15.7. The van der Waals surface area contributed by atoms with E-state index < -0.39 is 11.5 Å². The van der Waals surface area contributed by atoms with Crippen molar-refractivity contribution in [3.05, 3.63) is 29.6 Å². The summed E-state index contributed by atoms with van der Waals surface area (Å²) in [6.07, 6.45) is 4.53. The second kappa shape index (κ2) is 5.30. The second-order valence-corrected chi connectivity index (χ2v) is 5.56. The second-order valence-electron chi connectivity index (χ2n) is 5.56. The number of nitrogens with two attached hydrogens (primary N) is 2. The topological polar surface area (TPSA) is 104 Å². The Bertz CT molecular complexity index is 696. The molecular weight excluding hydrogens is 283 g/mol. The van der Waals surface area contributed by atoms with Crippen LogP contribution < -0.4 is 16.4 Å². The average Bonchev–Trinajstić information content (AvgIpc) is 2.47. The van der Waals surface area contributed by atoms with Crippen molar-refractivity contribution in [2.24, 2.45) is 21.5 Å². The Morgan fingerprint density at radius 2 is 1.95 bits per heavy atom. The number of anilines is 1. The number of hydrogen-bond acceptors (Lipinski definition) is 6. The molecule has 4 N–H and O–H groups in total. The fourth-order valence-corrected chi connectivity index (χ4v) is 3.28. The van der Waals surface area contributed by atoms with E-state index >= 15 is 0 Å². The molecule has 1 saturated carbocycles. The molecule has 2 aliphatic rings. The summed E-state index contributed by atoms with van der Waals surface area (Å²) < 4.78 is 14.0. The standard InChI is InChI=1S/C15H17FN6/c16-11-5-4-6-12(10(11)9-17)22-14(19)20-13(18)21-15(22)7-2-1-3-8-15/h4-6H,1-3,7-8H2,(H4,18,19,20,21). The van der Waals surface area contributed by atoms with Gasteiger partial charge in [0, 0.05) is 0 Å². The number of nitrogens with zero attached hydrogens (tertiary/aromatic N) is 4. The first kappa shape index (κ1) is 14.3. The molecule has 0 aromatic heterocycles. The van der Waals surface area contributed by atoms with Gasteiger partial charge in [0.1, 0.15) is 23.1 Å². The van der Waals surface area contributed by atoms with Crippen LogP contribution in [0.4, 0.5) is 10.1 Å². The van der Waals surface area contributed by atoms with Crippen LogP contribution in [0.3, 0.4) is 0 Å². The largest absolute Gasteiger partial charge is 0.369 e. The highest BCUT2D eigenvalue weighted by Gasteiger charge is 2.43. The van der Waals surface area contributed by atoms with Crippen LogP contribution in [0.25, 0.3) is 0 Å². The Morgan fingerprint density at radius 3 is 2.64 bits per heavy atom. The third kappa shape index (κ3) is 2.17. The van der Waals surface area contributed by atoms with Crippen molar-refractivity contribution in [2.75, 3.05) is 4.90 Å². The summed E-state index contributed by atoms with van der Waals surface area (Å²) in [5, 5.41) is 9.30. The summed E-state index contributed by atoms with van der Waals surface area (Å²) in [6.45, 7) is 0. The van der Waals surface area contributed by atoms with Crippen LogP contribution in [0.5, 0.6) is 0 Å². The molecule has 1 spiro atoms. The van der Waals surface area contributed by atoms with Crippen LogP contribution >= 0.6 is 0 Å². The molecule has 3 rings (SSSR count). The van der Waals surface area contributed by atoms with E-state index in [9.17, 15) is 9.65 Å². The van der Waals surface area contributed by atoms with Crippen molar-refractivity contribution in [3.63, 3.8) is 0 Å². The summed E-state index contributed by atoms with van der Waals surface area (Å²) >= 11 is 0. The van der Waals surface area contributed by atoms with E-state index in [0.717, 1.165) is 32.1 Å². The van der Waals surface area contributed by atoms with E-state index in [1.54, 1.807) is 17.0 Å². The molecule has 22 heavy (non-hydrogen) atoms. The SMILES string of the molecule is N#Cc1c(F)cccc1N1C(N)=NC(N)=NC12CCCCC2. The van der Waals surface area contributed by atoms with Crippen LogP contribution in [-0.2, 0) is 0 Å². The Morgan fingerprint density at radius 1 is 1.23 bits per heavy atom. The van der Waals surface area contributed by atoms with Crippen molar-refractivity contribution >= 4 is 17.6 Å². The molecule has 0 amide bonds.